The number of carbonyl (C=O) groups excluding carboxylic acids is 1. The van der Waals surface area contributed by atoms with Crippen LogP contribution >= 0.6 is 0 Å². The number of rotatable bonds is 4. The fourth-order valence-corrected chi connectivity index (χ4v) is 4.11. The zero-order chi connectivity index (χ0) is 21.9. The molecule has 0 bridgehead atoms. The van der Waals surface area contributed by atoms with E-state index in [-0.39, 0.29) is 24.4 Å². The number of halogens is 3. The molecule has 2 unspecified atom stereocenters. The molecule has 2 fully saturated rings. The number of likely N-dealkylation sites (tertiary alicyclic amines) is 1. The summed E-state index contributed by atoms with van der Waals surface area (Å²) in [5.74, 6) is 2.84. The molecule has 9 heteroatoms. The molecule has 0 saturated carbocycles. The minimum atomic E-state index is -4.45. The Kier molecular flexibility index (Phi) is 6.52. The van der Waals surface area contributed by atoms with Gasteiger partial charge >= 0.3 is 6.18 Å². The van der Waals surface area contributed by atoms with E-state index >= 15 is 0 Å². The van der Waals surface area contributed by atoms with Crippen LogP contribution in [-0.2, 0) is 11.0 Å². The lowest BCUT2D eigenvalue weighted by atomic mass is 9.96. The van der Waals surface area contributed by atoms with E-state index in [1.807, 2.05) is 0 Å². The van der Waals surface area contributed by atoms with Gasteiger partial charge < -0.3 is 9.80 Å². The van der Waals surface area contributed by atoms with Gasteiger partial charge in [0.15, 0.2) is 0 Å². The van der Waals surface area contributed by atoms with Crippen molar-refractivity contribution in [3.05, 3.63) is 23.9 Å². The van der Waals surface area contributed by atoms with Crippen molar-refractivity contribution in [2.24, 2.45) is 5.92 Å². The third kappa shape index (κ3) is 4.68. The van der Waals surface area contributed by atoms with E-state index in [0.717, 1.165) is 24.8 Å². The number of hydrogen-bond donors (Lipinski definition) is 1. The molecule has 1 amide bonds. The normalized spacial score (nSPS) is 26.9. The molecule has 0 radical (unpaired) electrons. The number of nitrogens with zero attached hydrogens (tertiary/aromatic N) is 4. The molecule has 2 saturated heterocycles. The summed E-state index contributed by atoms with van der Waals surface area (Å²) in [6.45, 7) is 2.54. The highest BCUT2D eigenvalue weighted by molar-refractivity contribution is 5.80. The second-order valence-electron chi connectivity index (χ2n) is 7.83. The highest BCUT2D eigenvalue weighted by Gasteiger charge is 2.37. The minimum Gasteiger partial charge on any atom is -0.341 e. The topological polar surface area (TPSA) is 72.3 Å². The lowest BCUT2D eigenvalue weighted by Crippen LogP contribution is -2.54. The minimum absolute atomic E-state index is 0.0524. The third-order valence-electron chi connectivity index (χ3n) is 5.74. The Labute approximate surface area is 174 Å². The zero-order valence-electron chi connectivity index (χ0n) is 16.7. The van der Waals surface area contributed by atoms with Gasteiger partial charge in [-0.1, -0.05) is 12.8 Å². The van der Waals surface area contributed by atoms with E-state index in [4.69, 9.17) is 6.42 Å². The van der Waals surface area contributed by atoms with Crippen molar-refractivity contribution in [1.29, 1.82) is 5.26 Å². The fraction of sp³-hybridized carbons (Fsp3) is 0.571. The van der Waals surface area contributed by atoms with Crippen LogP contribution in [0.25, 0.3) is 0 Å². The van der Waals surface area contributed by atoms with E-state index in [9.17, 15) is 23.2 Å². The summed E-state index contributed by atoms with van der Waals surface area (Å²) >= 11 is 0. The van der Waals surface area contributed by atoms with Crippen LogP contribution in [0.3, 0.4) is 0 Å². The van der Waals surface area contributed by atoms with Gasteiger partial charge in [0.1, 0.15) is 11.9 Å². The molecule has 0 spiro atoms. The monoisotopic (exact) mass is 419 g/mol. The van der Waals surface area contributed by atoms with E-state index < -0.39 is 23.8 Å². The summed E-state index contributed by atoms with van der Waals surface area (Å²) in [6.07, 6.45) is 4.45. The SMILES string of the molecule is C#C[C@H]1CC[C@@H](C#N)N1C(=O)CNC1CC(C)CCN1c1cc(C(F)(F)F)ccn1. The summed E-state index contributed by atoms with van der Waals surface area (Å²) in [5.41, 5.74) is -0.758. The molecule has 1 aromatic heterocycles. The first kappa shape index (κ1) is 21.9. The molecule has 6 nitrogen and oxygen atoms in total. The van der Waals surface area contributed by atoms with Gasteiger partial charge in [0, 0.05) is 12.7 Å². The van der Waals surface area contributed by atoms with Crippen molar-refractivity contribution in [1.82, 2.24) is 15.2 Å². The van der Waals surface area contributed by atoms with Gasteiger partial charge in [0.05, 0.1) is 30.4 Å². The maximum absolute atomic E-state index is 13.1. The van der Waals surface area contributed by atoms with Crippen LogP contribution in [-0.4, -0.2) is 47.1 Å². The molecule has 30 heavy (non-hydrogen) atoms. The number of nitrogens with one attached hydrogen (secondary N) is 1. The average Bonchev–Trinajstić information content (AvgIpc) is 3.15. The number of piperidine rings is 1. The number of terminal acetylenes is 1. The number of amides is 1. The van der Waals surface area contributed by atoms with Gasteiger partial charge in [0.2, 0.25) is 5.91 Å². The molecule has 2 aliphatic rings. The second kappa shape index (κ2) is 8.93. The predicted molar refractivity (Wildman–Crippen MR) is 105 cm³/mol. The Morgan fingerprint density at radius 3 is 2.77 bits per heavy atom. The van der Waals surface area contributed by atoms with Gasteiger partial charge in [0.25, 0.3) is 0 Å². The Morgan fingerprint density at radius 2 is 2.10 bits per heavy atom. The number of aromatic nitrogens is 1. The summed E-state index contributed by atoms with van der Waals surface area (Å²) in [5, 5.41) is 12.5. The Morgan fingerprint density at radius 1 is 1.37 bits per heavy atom. The van der Waals surface area contributed by atoms with Gasteiger partial charge in [-0.2, -0.15) is 18.4 Å². The summed E-state index contributed by atoms with van der Waals surface area (Å²) < 4.78 is 39.3. The number of nitriles is 1. The quantitative estimate of drug-likeness (QED) is 0.760. The van der Waals surface area contributed by atoms with Crippen molar-refractivity contribution >= 4 is 11.7 Å². The van der Waals surface area contributed by atoms with Crippen LogP contribution in [0.5, 0.6) is 0 Å². The van der Waals surface area contributed by atoms with Crippen molar-refractivity contribution in [3.63, 3.8) is 0 Å². The third-order valence-corrected chi connectivity index (χ3v) is 5.74. The van der Waals surface area contributed by atoms with Crippen molar-refractivity contribution in [3.8, 4) is 18.4 Å². The predicted octanol–water partition coefficient (Wildman–Crippen LogP) is 2.77. The van der Waals surface area contributed by atoms with Gasteiger partial charge in [-0.3, -0.25) is 10.1 Å². The lowest BCUT2D eigenvalue weighted by molar-refractivity contribution is -0.137. The first-order valence-corrected chi connectivity index (χ1v) is 9.94. The highest BCUT2D eigenvalue weighted by Crippen LogP contribution is 2.33. The molecule has 3 rings (SSSR count). The Hall–Kier alpha value is -2.78. The van der Waals surface area contributed by atoms with E-state index in [1.165, 1.54) is 4.90 Å². The maximum atomic E-state index is 13.1. The molecule has 160 valence electrons. The first-order chi connectivity index (χ1) is 14.2. The number of anilines is 1. The summed E-state index contributed by atoms with van der Waals surface area (Å²) in [7, 11) is 0. The van der Waals surface area contributed by atoms with Crippen LogP contribution in [0.1, 0.15) is 38.2 Å². The summed E-state index contributed by atoms with van der Waals surface area (Å²) in [4.78, 5) is 20.1. The van der Waals surface area contributed by atoms with E-state index in [2.05, 4.69) is 29.2 Å². The van der Waals surface area contributed by atoms with Crippen molar-refractivity contribution in [2.45, 2.75) is 57.0 Å². The first-order valence-electron chi connectivity index (χ1n) is 9.94. The average molecular weight is 419 g/mol. The van der Waals surface area contributed by atoms with Gasteiger partial charge in [-0.15, -0.1) is 6.42 Å². The lowest BCUT2D eigenvalue weighted by Gasteiger charge is -2.40. The van der Waals surface area contributed by atoms with Crippen LogP contribution < -0.4 is 10.2 Å². The van der Waals surface area contributed by atoms with Crippen molar-refractivity contribution in [2.75, 3.05) is 18.0 Å². The van der Waals surface area contributed by atoms with Crippen LogP contribution in [0.2, 0.25) is 0 Å². The molecular formula is C21H24F3N5O. The van der Waals surface area contributed by atoms with Gasteiger partial charge in [-0.25, -0.2) is 4.98 Å². The number of hydrogen-bond acceptors (Lipinski definition) is 5. The van der Waals surface area contributed by atoms with Crippen LogP contribution in [0.15, 0.2) is 18.3 Å². The van der Waals surface area contributed by atoms with Crippen molar-refractivity contribution < 1.29 is 18.0 Å². The highest BCUT2D eigenvalue weighted by atomic mass is 19.4. The van der Waals surface area contributed by atoms with E-state index in [1.54, 1.807) is 4.90 Å². The molecule has 0 aromatic carbocycles. The molecule has 1 aromatic rings. The summed E-state index contributed by atoms with van der Waals surface area (Å²) in [6, 6.07) is 3.13. The Balaban J connectivity index is 1.74. The standard InChI is InChI=1S/C21H24F3N5O/c1-3-16-4-5-17(12-25)29(16)20(30)13-27-18-10-14(2)7-9-28(18)19-11-15(6-8-26-19)21(22,23)24/h1,6,8,11,14,16-18,27H,4-5,7,9-10,13H2,2H3/t14?,16-,17-,18?/m0/s1. The largest absolute Gasteiger partial charge is 0.416 e. The Bertz CT molecular complexity index is 837. The van der Waals surface area contributed by atoms with E-state index in [0.29, 0.717) is 31.7 Å². The number of pyridine rings is 1. The van der Waals surface area contributed by atoms with Crippen LogP contribution in [0, 0.1) is 29.6 Å². The number of alkyl halides is 3. The second-order valence-corrected chi connectivity index (χ2v) is 7.83. The van der Waals surface area contributed by atoms with Gasteiger partial charge in [-0.05, 0) is 43.7 Å². The molecule has 4 atom stereocenters. The molecular weight excluding hydrogens is 395 g/mol. The maximum Gasteiger partial charge on any atom is 0.416 e. The number of carbonyl (C=O) groups is 1. The van der Waals surface area contributed by atoms with Crippen LogP contribution in [0.4, 0.5) is 19.0 Å². The smallest absolute Gasteiger partial charge is 0.341 e. The zero-order valence-corrected chi connectivity index (χ0v) is 16.7. The molecule has 2 aliphatic heterocycles. The fourth-order valence-electron chi connectivity index (χ4n) is 4.11. The molecule has 0 aliphatic carbocycles. The molecule has 1 N–H and O–H groups in total. The molecule has 3 heterocycles.